The summed E-state index contributed by atoms with van der Waals surface area (Å²) in [4.78, 5) is 0. The van der Waals surface area contributed by atoms with Gasteiger partial charge >= 0.3 is 0 Å². The number of rotatable bonds is 1. The fourth-order valence-corrected chi connectivity index (χ4v) is 2.08. The molecule has 0 spiro atoms. The van der Waals surface area contributed by atoms with Crippen molar-refractivity contribution in [3.05, 3.63) is 42.2 Å². The van der Waals surface area contributed by atoms with Crippen molar-refractivity contribution in [2.24, 2.45) is 7.05 Å². The van der Waals surface area contributed by atoms with Crippen molar-refractivity contribution in [3.63, 3.8) is 0 Å². The van der Waals surface area contributed by atoms with Gasteiger partial charge in [-0.25, -0.2) is 0 Å². The van der Waals surface area contributed by atoms with Crippen molar-refractivity contribution in [2.75, 3.05) is 6.67 Å². The van der Waals surface area contributed by atoms with Gasteiger partial charge in [-0.1, -0.05) is 18.2 Å². The van der Waals surface area contributed by atoms with Crippen LogP contribution in [0.4, 0.5) is 0 Å². The Balaban J connectivity index is 2.26. The second kappa shape index (κ2) is 3.05. The van der Waals surface area contributed by atoms with Crippen LogP contribution in [0.3, 0.4) is 0 Å². The second-order valence-electron chi connectivity index (χ2n) is 3.79. The fourth-order valence-electron chi connectivity index (χ4n) is 2.08. The van der Waals surface area contributed by atoms with Gasteiger partial charge in [-0.3, -0.25) is 0 Å². The Hall–Kier alpha value is -1.90. The summed E-state index contributed by atoms with van der Waals surface area (Å²) in [6, 6.07) is 8.45. The summed E-state index contributed by atoms with van der Waals surface area (Å²) >= 11 is 0. The highest BCUT2D eigenvalue weighted by Crippen LogP contribution is 2.25. The second-order valence-corrected chi connectivity index (χ2v) is 3.79. The van der Waals surface area contributed by atoms with E-state index in [1.54, 1.807) is 0 Å². The van der Waals surface area contributed by atoms with Gasteiger partial charge in [0, 0.05) is 35.9 Å². The lowest BCUT2D eigenvalue weighted by Gasteiger charge is -1.99. The molecule has 3 nitrogen and oxygen atoms in total. The first kappa shape index (κ1) is 8.41. The van der Waals surface area contributed by atoms with Crippen LogP contribution in [0.15, 0.2) is 36.7 Å². The van der Waals surface area contributed by atoms with Crippen molar-refractivity contribution in [3.8, 4) is 0 Å². The minimum Gasteiger partial charge on any atom is -0.372 e. The maximum absolute atomic E-state index is 3.32. The lowest BCUT2D eigenvalue weighted by molar-refractivity contribution is 0.842. The normalized spacial score (nSPS) is 14.9. The number of aryl methyl sites for hydroxylation is 1. The Morgan fingerprint density at radius 3 is 2.93 bits per heavy atom. The molecular weight excluding hydrogens is 186 g/mol. The number of para-hydroxylation sites is 1. The highest BCUT2D eigenvalue weighted by atomic mass is 15.1. The molecule has 0 fully saturated rings. The summed E-state index contributed by atoms with van der Waals surface area (Å²) < 4.78 is 2.16. The molecule has 2 aromatic rings. The van der Waals surface area contributed by atoms with E-state index in [4.69, 9.17) is 0 Å². The van der Waals surface area contributed by atoms with Gasteiger partial charge < -0.3 is 15.2 Å². The van der Waals surface area contributed by atoms with Gasteiger partial charge in [-0.2, -0.15) is 0 Å². The average molecular weight is 199 g/mol. The Bertz CT molecular complexity index is 537. The third-order valence-corrected chi connectivity index (χ3v) is 2.81. The Morgan fingerprint density at radius 1 is 1.27 bits per heavy atom. The SMILES string of the molecule is Cn1cc(C2=CNCN2)c2ccccc21. The number of hydrogen-bond donors (Lipinski definition) is 2. The number of nitrogens with zero attached hydrogens (tertiary/aromatic N) is 1. The van der Waals surface area contributed by atoms with E-state index in [2.05, 4.69) is 52.7 Å². The molecular formula is C12H13N3. The van der Waals surface area contributed by atoms with Crippen LogP contribution in [0.1, 0.15) is 5.56 Å². The van der Waals surface area contributed by atoms with E-state index in [0.717, 1.165) is 6.67 Å². The molecule has 0 unspecified atom stereocenters. The maximum atomic E-state index is 3.32. The number of benzene rings is 1. The first-order chi connectivity index (χ1) is 7.36. The molecule has 3 heteroatoms. The van der Waals surface area contributed by atoms with E-state index in [0.29, 0.717) is 0 Å². The van der Waals surface area contributed by atoms with Gasteiger partial charge in [0.05, 0.1) is 12.4 Å². The van der Waals surface area contributed by atoms with Crippen LogP contribution in [0.25, 0.3) is 16.6 Å². The summed E-state index contributed by atoms with van der Waals surface area (Å²) in [5.41, 5.74) is 3.70. The predicted octanol–water partition coefficient (Wildman–Crippen LogP) is 1.63. The van der Waals surface area contributed by atoms with E-state index in [-0.39, 0.29) is 0 Å². The quantitative estimate of drug-likeness (QED) is 0.731. The summed E-state index contributed by atoms with van der Waals surface area (Å²) in [7, 11) is 2.08. The molecule has 0 amide bonds. The number of nitrogens with one attached hydrogen (secondary N) is 2. The maximum Gasteiger partial charge on any atom is 0.0846 e. The summed E-state index contributed by atoms with van der Waals surface area (Å²) in [6.07, 6.45) is 4.19. The van der Waals surface area contributed by atoms with Crippen LogP contribution in [0, 0.1) is 0 Å². The lowest BCUT2D eigenvalue weighted by Crippen LogP contribution is -2.13. The Morgan fingerprint density at radius 2 is 2.13 bits per heavy atom. The van der Waals surface area contributed by atoms with E-state index in [1.165, 1.54) is 22.2 Å². The molecule has 1 aromatic heterocycles. The fraction of sp³-hybridized carbons (Fsp3) is 0.167. The predicted molar refractivity (Wildman–Crippen MR) is 62.0 cm³/mol. The highest BCUT2D eigenvalue weighted by molar-refractivity contribution is 5.92. The minimum absolute atomic E-state index is 0.818. The zero-order valence-electron chi connectivity index (χ0n) is 8.62. The molecule has 0 saturated carbocycles. The van der Waals surface area contributed by atoms with Gasteiger partial charge in [0.25, 0.3) is 0 Å². The molecule has 0 saturated heterocycles. The molecule has 76 valence electrons. The van der Waals surface area contributed by atoms with E-state index >= 15 is 0 Å². The average Bonchev–Trinajstić information content (AvgIpc) is 2.87. The smallest absolute Gasteiger partial charge is 0.0846 e. The van der Waals surface area contributed by atoms with Crippen LogP contribution in [0.2, 0.25) is 0 Å². The monoisotopic (exact) mass is 199 g/mol. The standard InChI is InChI=1S/C12H13N3/c1-15-7-10(11-6-13-8-14-11)9-4-2-3-5-12(9)15/h2-7,13-14H,8H2,1H3. The van der Waals surface area contributed by atoms with Crippen molar-refractivity contribution in [1.29, 1.82) is 0 Å². The third kappa shape index (κ3) is 1.20. The zero-order valence-corrected chi connectivity index (χ0v) is 8.62. The van der Waals surface area contributed by atoms with Gasteiger partial charge in [-0.15, -0.1) is 0 Å². The largest absolute Gasteiger partial charge is 0.372 e. The summed E-state index contributed by atoms with van der Waals surface area (Å²) in [6.45, 7) is 0.818. The van der Waals surface area contributed by atoms with E-state index in [1.807, 2.05) is 6.20 Å². The number of hydrogen-bond acceptors (Lipinski definition) is 2. The summed E-state index contributed by atoms with van der Waals surface area (Å²) in [5, 5.41) is 7.77. The Labute approximate surface area is 88.4 Å². The van der Waals surface area contributed by atoms with Crippen LogP contribution in [0.5, 0.6) is 0 Å². The van der Waals surface area contributed by atoms with Crippen molar-refractivity contribution >= 4 is 16.6 Å². The zero-order chi connectivity index (χ0) is 10.3. The van der Waals surface area contributed by atoms with Gasteiger partial charge in [-0.05, 0) is 6.07 Å². The van der Waals surface area contributed by atoms with Gasteiger partial charge in [0.2, 0.25) is 0 Å². The molecule has 3 rings (SSSR count). The lowest BCUT2D eigenvalue weighted by atomic mass is 10.1. The molecule has 1 aliphatic heterocycles. The van der Waals surface area contributed by atoms with E-state index in [9.17, 15) is 0 Å². The molecule has 0 atom stereocenters. The van der Waals surface area contributed by atoms with Crippen molar-refractivity contribution in [2.45, 2.75) is 0 Å². The summed E-state index contributed by atoms with van der Waals surface area (Å²) in [5.74, 6) is 0. The highest BCUT2D eigenvalue weighted by Gasteiger charge is 2.11. The van der Waals surface area contributed by atoms with Gasteiger partial charge in [0.1, 0.15) is 0 Å². The molecule has 1 aromatic carbocycles. The van der Waals surface area contributed by atoms with Crippen molar-refractivity contribution in [1.82, 2.24) is 15.2 Å². The third-order valence-electron chi connectivity index (χ3n) is 2.81. The molecule has 0 radical (unpaired) electrons. The first-order valence-corrected chi connectivity index (χ1v) is 5.08. The van der Waals surface area contributed by atoms with Crippen LogP contribution >= 0.6 is 0 Å². The molecule has 0 bridgehead atoms. The van der Waals surface area contributed by atoms with Gasteiger partial charge in [0.15, 0.2) is 0 Å². The topological polar surface area (TPSA) is 29.0 Å². The van der Waals surface area contributed by atoms with E-state index < -0.39 is 0 Å². The van der Waals surface area contributed by atoms with Crippen molar-refractivity contribution < 1.29 is 0 Å². The molecule has 15 heavy (non-hydrogen) atoms. The number of aromatic nitrogens is 1. The Kier molecular flexibility index (Phi) is 1.71. The van der Waals surface area contributed by atoms with Crippen LogP contribution in [-0.4, -0.2) is 11.2 Å². The van der Waals surface area contributed by atoms with Crippen LogP contribution in [-0.2, 0) is 7.05 Å². The molecule has 2 heterocycles. The molecule has 0 aliphatic carbocycles. The molecule has 1 aliphatic rings. The first-order valence-electron chi connectivity index (χ1n) is 5.08. The minimum atomic E-state index is 0.818. The van der Waals surface area contributed by atoms with Crippen LogP contribution < -0.4 is 10.6 Å². The number of fused-ring (bicyclic) bond motifs is 1. The molecule has 2 N–H and O–H groups in total.